The van der Waals surface area contributed by atoms with E-state index in [1.165, 1.54) is 31.5 Å². The maximum atomic E-state index is 12.4. The van der Waals surface area contributed by atoms with Crippen LogP contribution in [0.2, 0.25) is 0 Å². The predicted octanol–water partition coefficient (Wildman–Crippen LogP) is 4.32. The third-order valence-electron chi connectivity index (χ3n) is 4.28. The van der Waals surface area contributed by atoms with Gasteiger partial charge in [0.1, 0.15) is 5.75 Å². The van der Waals surface area contributed by atoms with Crippen molar-refractivity contribution in [1.29, 1.82) is 0 Å². The molecule has 1 aliphatic heterocycles. The van der Waals surface area contributed by atoms with Crippen molar-refractivity contribution in [3.8, 4) is 5.75 Å². The number of nitrogens with zero attached hydrogens (tertiary/aromatic N) is 1. The number of rotatable bonds is 6. The van der Waals surface area contributed by atoms with Crippen LogP contribution in [0.3, 0.4) is 0 Å². The Kier molecular flexibility index (Phi) is 5.71. The number of ether oxygens (including phenoxy) is 1. The first kappa shape index (κ1) is 17.5. The Labute approximate surface area is 149 Å². The Bertz CT molecular complexity index is 704. The lowest BCUT2D eigenvalue weighted by atomic mass is 10.1. The zero-order valence-corrected chi connectivity index (χ0v) is 15.0. The Hall–Kier alpha value is -2.33. The molecule has 0 bridgehead atoms. The van der Waals surface area contributed by atoms with Crippen molar-refractivity contribution in [1.82, 2.24) is 4.90 Å². The second kappa shape index (κ2) is 8.17. The molecule has 2 aromatic carbocycles. The molecule has 1 amide bonds. The normalized spacial score (nSPS) is 14.7. The number of carbonyl (C=O) groups is 1. The first-order valence-corrected chi connectivity index (χ1v) is 8.99. The van der Waals surface area contributed by atoms with E-state index in [1.54, 1.807) is 12.1 Å². The standard InChI is InChI=1S/C21H26N2O2/c1-16(2)25-20-10-8-18(9-11-20)21(24)22-19-7-5-6-17(14-19)15-23-12-3-4-13-23/h5-11,14,16H,3-4,12-13,15H2,1-2H3,(H,22,24). The van der Waals surface area contributed by atoms with Crippen LogP contribution in [0, 0.1) is 0 Å². The zero-order chi connectivity index (χ0) is 17.6. The summed E-state index contributed by atoms with van der Waals surface area (Å²) >= 11 is 0. The molecule has 0 atom stereocenters. The highest BCUT2D eigenvalue weighted by Crippen LogP contribution is 2.18. The molecular formula is C21H26N2O2. The van der Waals surface area contributed by atoms with Crippen molar-refractivity contribution in [2.75, 3.05) is 18.4 Å². The molecule has 4 heteroatoms. The Morgan fingerprint density at radius 1 is 1.12 bits per heavy atom. The Morgan fingerprint density at radius 2 is 1.84 bits per heavy atom. The molecule has 1 N–H and O–H groups in total. The van der Waals surface area contributed by atoms with E-state index in [-0.39, 0.29) is 12.0 Å². The van der Waals surface area contributed by atoms with Crippen molar-refractivity contribution < 1.29 is 9.53 Å². The smallest absolute Gasteiger partial charge is 0.255 e. The highest BCUT2D eigenvalue weighted by molar-refractivity contribution is 6.04. The van der Waals surface area contributed by atoms with E-state index in [0.717, 1.165) is 18.0 Å². The summed E-state index contributed by atoms with van der Waals surface area (Å²) in [6.07, 6.45) is 2.69. The molecule has 1 saturated heterocycles. The highest BCUT2D eigenvalue weighted by atomic mass is 16.5. The lowest BCUT2D eigenvalue weighted by molar-refractivity contribution is 0.102. The summed E-state index contributed by atoms with van der Waals surface area (Å²) in [5.41, 5.74) is 2.70. The minimum absolute atomic E-state index is 0.102. The van der Waals surface area contributed by atoms with Crippen molar-refractivity contribution in [2.24, 2.45) is 0 Å². The fourth-order valence-electron chi connectivity index (χ4n) is 3.11. The van der Waals surface area contributed by atoms with Crippen molar-refractivity contribution in [3.05, 3.63) is 59.7 Å². The van der Waals surface area contributed by atoms with Crippen LogP contribution < -0.4 is 10.1 Å². The number of anilines is 1. The molecule has 3 rings (SSSR count). The molecule has 0 saturated carbocycles. The SMILES string of the molecule is CC(C)Oc1ccc(C(=O)Nc2cccc(CN3CCCC3)c2)cc1. The molecule has 2 aromatic rings. The minimum atomic E-state index is -0.102. The van der Waals surface area contributed by atoms with Crippen molar-refractivity contribution in [2.45, 2.75) is 39.3 Å². The summed E-state index contributed by atoms with van der Waals surface area (Å²) < 4.78 is 5.61. The van der Waals surface area contributed by atoms with Crippen LogP contribution in [0.25, 0.3) is 0 Å². The largest absolute Gasteiger partial charge is 0.491 e. The number of amides is 1. The Balaban J connectivity index is 1.62. The van der Waals surface area contributed by atoms with Crippen LogP contribution in [-0.2, 0) is 6.54 Å². The van der Waals surface area contributed by atoms with Gasteiger partial charge in [-0.25, -0.2) is 0 Å². The summed E-state index contributed by atoms with van der Waals surface area (Å²) in [6, 6.07) is 15.4. The van der Waals surface area contributed by atoms with Gasteiger partial charge in [0.05, 0.1) is 6.10 Å². The van der Waals surface area contributed by atoms with E-state index in [0.29, 0.717) is 5.56 Å². The average molecular weight is 338 g/mol. The van der Waals surface area contributed by atoms with Crippen LogP contribution in [-0.4, -0.2) is 30.0 Å². The molecule has 1 fully saturated rings. The van der Waals surface area contributed by atoms with Gasteiger partial charge in [-0.15, -0.1) is 0 Å². The van der Waals surface area contributed by atoms with Gasteiger partial charge in [-0.05, 0) is 81.7 Å². The van der Waals surface area contributed by atoms with E-state index < -0.39 is 0 Å². The van der Waals surface area contributed by atoms with Crippen LogP contribution >= 0.6 is 0 Å². The van der Waals surface area contributed by atoms with Gasteiger partial charge in [0.25, 0.3) is 5.91 Å². The zero-order valence-electron chi connectivity index (χ0n) is 15.0. The lowest BCUT2D eigenvalue weighted by Gasteiger charge is -2.15. The second-order valence-corrected chi connectivity index (χ2v) is 6.83. The summed E-state index contributed by atoms with van der Waals surface area (Å²) in [7, 11) is 0. The molecule has 132 valence electrons. The molecule has 4 nitrogen and oxygen atoms in total. The monoisotopic (exact) mass is 338 g/mol. The molecule has 0 radical (unpaired) electrons. The summed E-state index contributed by atoms with van der Waals surface area (Å²) in [4.78, 5) is 14.9. The van der Waals surface area contributed by atoms with Gasteiger partial charge >= 0.3 is 0 Å². The summed E-state index contributed by atoms with van der Waals surface area (Å²) in [5, 5.41) is 2.99. The van der Waals surface area contributed by atoms with E-state index in [9.17, 15) is 4.79 Å². The molecule has 0 aromatic heterocycles. The van der Waals surface area contributed by atoms with Crippen LogP contribution in [0.5, 0.6) is 5.75 Å². The number of benzene rings is 2. The highest BCUT2D eigenvalue weighted by Gasteiger charge is 2.12. The molecule has 25 heavy (non-hydrogen) atoms. The third-order valence-corrected chi connectivity index (χ3v) is 4.28. The van der Waals surface area contributed by atoms with Gasteiger partial charge in [-0.2, -0.15) is 0 Å². The topological polar surface area (TPSA) is 41.6 Å². The molecular weight excluding hydrogens is 312 g/mol. The third kappa shape index (κ3) is 5.07. The molecule has 0 unspecified atom stereocenters. The van der Waals surface area contributed by atoms with Gasteiger partial charge in [0, 0.05) is 17.8 Å². The van der Waals surface area contributed by atoms with Gasteiger partial charge in [-0.1, -0.05) is 12.1 Å². The van der Waals surface area contributed by atoms with Gasteiger partial charge in [0.2, 0.25) is 0 Å². The maximum Gasteiger partial charge on any atom is 0.255 e. The predicted molar refractivity (Wildman–Crippen MR) is 101 cm³/mol. The maximum absolute atomic E-state index is 12.4. The van der Waals surface area contributed by atoms with E-state index in [4.69, 9.17) is 4.74 Å². The van der Waals surface area contributed by atoms with Crippen molar-refractivity contribution >= 4 is 11.6 Å². The van der Waals surface area contributed by atoms with Gasteiger partial charge < -0.3 is 10.1 Å². The summed E-state index contributed by atoms with van der Waals surface area (Å²) in [6.45, 7) is 7.25. The molecule has 0 spiro atoms. The van der Waals surface area contributed by atoms with Crippen LogP contribution in [0.1, 0.15) is 42.6 Å². The second-order valence-electron chi connectivity index (χ2n) is 6.83. The van der Waals surface area contributed by atoms with Gasteiger partial charge in [0.15, 0.2) is 0 Å². The van der Waals surface area contributed by atoms with Crippen molar-refractivity contribution in [3.63, 3.8) is 0 Å². The van der Waals surface area contributed by atoms with E-state index >= 15 is 0 Å². The van der Waals surface area contributed by atoms with E-state index in [2.05, 4.69) is 22.3 Å². The number of hydrogen-bond acceptors (Lipinski definition) is 3. The minimum Gasteiger partial charge on any atom is -0.491 e. The quantitative estimate of drug-likeness (QED) is 0.853. The van der Waals surface area contributed by atoms with Crippen LogP contribution in [0.4, 0.5) is 5.69 Å². The number of likely N-dealkylation sites (tertiary alicyclic amines) is 1. The first-order chi connectivity index (χ1) is 12.1. The fourth-order valence-corrected chi connectivity index (χ4v) is 3.11. The number of carbonyl (C=O) groups excluding carboxylic acids is 1. The van der Waals surface area contributed by atoms with E-state index in [1.807, 2.05) is 38.1 Å². The summed E-state index contributed by atoms with van der Waals surface area (Å²) in [5.74, 6) is 0.675. The lowest BCUT2D eigenvalue weighted by Crippen LogP contribution is -2.18. The molecule has 1 heterocycles. The number of hydrogen-bond donors (Lipinski definition) is 1. The number of nitrogens with one attached hydrogen (secondary N) is 1. The molecule has 0 aliphatic carbocycles. The van der Waals surface area contributed by atoms with Gasteiger partial charge in [-0.3, -0.25) is 9.69 Å². The Morgan fingerprint density at radius 3 is 2.52 bits per heavy atom. The fraction of sp³-hybridized carbons (Fsp3) is 0.381. The van der Waals surface area contributed by atoms with Crippen LogP contribution in [0.15, 0.2) is 48.5 Å². The molecule has 1 aliphatic rings. The first-order valence-electron chi connectivity index (χ1n) is 8.99. The average Bonchev–Trinajstić information content (AvgIpc) is 3.08.